The molecule has 1 N–H and O–H groups in total. The maximum Gasteiger partial charge on any atom is 0.316 e. The molecule has 1 saturated carbocycles. The first-order valence-electron chi connectivity index (χ1n) is 7.48. The van der Waals surface area contributed by atoms with E-state index in [4.69, 9.17) is 9.26 Å². The van der Waals surface area contributed by atoms with Gasteiger partial charge in [0, 0.05) is 12.1 Å². The minimum absolute atomic E-state index is 0.0251. The Morgan fingerprint density at radius 2 is 2.00 bits per heavy atom. The minimum atomic E-state index is -0.494. The number of halogens is 1. The number of carbonyl (C=O) groups excluding carboxylic acids is 1. The van der Waals surface area contributed by atoms with Gasteiger partial charge in [0.05, 0.1) is 12.4 Å². The van der Waals surface area contributed by atoms with Crippen LogP contribution in [0.4, 0.5) is 4.39 Å². The van der Waals surface area contributed by atoms with Crippen LogP contribution in [0.15, 0.2) is 23.0 Å². The molecule has 0 aliphatic heterocycles. The van der Waals surface area contributed by atoms with E-state index in [9.17, 15) is 9.18 Å². The molecule has 3 rings (SSSR count). The highest BCUT2D eigenvalue weighted by molar-refractivity contribution is 5.92. The first-order chi connectivity index (χ1) is 11.1. The van der Waals surface area contributed by atoms with E-state index in [-0.39, 0.29) is 24.1 Å². The highest BCUT2D eigenvalue weighted by Gasteiger charge is 2.25. The number of rotatable bonds is 4. The quantitative estimate of drug-likeness (QED) is 0.927. The normalized spacial score (nSPS) is 21.0. The summed E-state index contributed by atoms with van der Waals surface area (Å²) < 4.78 is 23.3. The van der Waals surface area contributed by atoms with E-state index in [1.807, 2.05) is 0 Å². The fraction of sp³-hybridized carbons (Fsp3) is 0.467. The van der Waals surface area contributed by atoms with Crippen molar-refractivity contribution >= 4 is 5.91 Å². The Hall–Kier alpha value is -2.51. The molecule has 0 bridgehead atoms. The first kappa shape index (κ1) is 15.4. The third-order valence-electron chi connectivity index (χ3n) is 3.74. The Morgan fingerprint density at radius 3 is 2.61 bits per heavy atom. The van der Waals surface area contributed by atoms with Crippen LogP contribution in [-0.2, 0) is 0 Å². The second kappa shape index (κ2) is 6.72. The molecule has 0 saturated heterocycles. The number of amides is 1. The van der Waals surface area contributed by atoms with Crippen LogP contribution in [0.3, 0.4) is 0 Å². The van der Waals surface area contributed by atoms with E-state index >= 15 is 0 Å². The van der Waals surface area contributed by atoms with Crippen LogP contribution >= 0.6 is 0 Å². The van der Waals surface area contributed by atoms with Crippen LogP contribution in [0.5, 0.6) is 6.01 Å². The summed E-state index contributed by atoms with van der Waals surface area (Å²) >= 11 is 0. The molecule has 1 fully saturated rings. The molecule has 0 aromatic carbocycles. The predicted octanol–water partition coefficient (Wildman–Crippen LogP) is 2.03. The molecule has 122 valence electrons. The average molecular weight is 320 g/mol. The molecule has 2 heterocycles. The molecular formula is C15H17FN4O3. The van der Waals surface area contributed by atoms with Gasteiger partial charge in [-0.05, 0) is 32.6 Å². The fourth-order valence-electron chi connectivity index (χ4n) is 2.57. The van der Waals surface area contributed by atoms with Crippen molar-refractivity contribution in [2.45, 2.75) is 44.8 Å². The average Bonchev–Trinajstić information content (AvgIpc) is 2.98. The van der Waals surface area contributed by atoms with Gasteiger partial charge in [-0.3, -0.25) is 4.79 Å². The number of nitrogens with zero attached hydrogens (tertiary/aromatic N) is 3. The summed E-state index contributed by atoms with van der Waals surface area (Å²) in [5.74, 6) is -0.119. The summed E-state index contributed by atoms with van der Waals surface area (Å²) in [4.78, 5) is 19.6. The van der Waals surface area contributed by atoms with E-state index in [1.54, 1.807) is 13.0 Å². The van der Waals surface area contributed by atoms with Crippen LogP contribution in [0.25, 0.3) is 0 Å². The van der Waals surface area contributed by atoms with Gasteiger partial charge in [-0.15, -0.1) is 0 Å². The Balaban J connectivity index is 1.46. The number of hydrogen-bond donors (Lipinski definition) is 1. The summed E-state index contributed by atoms with van der Waals surface area (Å²) in [6.45, 7) is 1.74. The number of ether oxygens (including phenoxy) is 1. The predicted molar refractivity (Wildman–Crippen MR) is 77.4 cm³/mol. The lowest BCUT2D eigenvalue weighted by atomic mass is 9.93. The summed E-state index contributed by atoms with van der Waals surface area (Å²) in [5.41, 5.74) is 0.292. The molecule has 1 aliphatic carbocycles. The van der Waals surface area contributed by atoms with Gasteiger partial charge in [0.15, 0.2) is 11.5 Å². The number of nitrogens with one attached hydrogen (secondary N) is 1. The van der Waals surface area contributed by atoms with E-state index in [1.165, 1.54) is 0 Å². The Morgan fingerprint density at radius 1 is 1.30 bits per heavy atom. The van der Waals surface area contributed by atoms with Gasteiger partial charge >= 0.3 is 6.01 Å². The fourth-order valence-corrected chi connectivity index (χ4v) is 2.57. The molecule has 23 heavy (non-hydrogen) atoms. The molecule has 0 radical (unpaired) electrons. The van der Waals surface area contributed by atoms with Crippen LogP contribution in [0.2, 0.25) is 0 Å². The molecule has 0 spiro atoms. The molecule has 7 nitrogen and oxygen atoms in total. The molecule has 2 aromatic heterocycles. The van der Waals surface area contributed by atoms with Crippen molar-refractivity contribution < 1.29 is 18.4 Å². The third kappa shape index (κ3) is 4.02. The van der Waals surface area contributed by atoms with Gasteiger partial charge in [-0.25, -0.2) is 14.4 Å². The van der Waals surface area contributed by atoms with Crippen molar-refractivity contribution in [3.8, 4) is 6.01 Å². The van der Waals surface area contributed by atoms with Crippen molar-refractivity contribution in [3.63, 3.8) is 0 Å². The van der Waals surface area contributed by atoms with Crippen molar-refractivity contribution in [2.24, 2.45) is 0 Å². The van der Waals surface area contributed by atoms with Crippen molar-refractivity contribution in [3.05, 3.63) is 35.7 Å². The van der Waals surface area contributed by atoms with Gasteiger partial charge in [-0.1, -0.05) is 5.16 Å². The number of carbonyl (C=O) groups is 1. The summed E-state index contributed by atoms with van der Waals surface area (Å²) in [5, 5.41) is 6.64. The summed E-state index contributed by atoms with van der Waals surface area (Å²) in [7, 11) is 0. The topological polar surface area (TPSA) is 90.1 Å². The number of aryl methyl sites for hydroxylation is 1. The van der Waals surface area contributed by atoms with Gasteiger partial charge in [0.25, 0.3) is 5.91 Å². The molecule has 2 aromatic rings. The second-order valence-electron chi connectivity index (χ2n) is 5.57. The van der Waals surface area contributed by atoms with Crippen molar-refractivity contribution in [2.75, 3.05) is 0 Å². The lowest BCUT2D eigenvalue weighted by Crippen LogP contribution is -2.39. The molecule has 0 atom stereocenters. The Kier molecular flexibility index (Phi) is 4.50. The van der Waals surface area contributed by atoms with Gasteiger partial charge in [0.1, 0.15) is 11.9 Å². The molecule has 8 heteroatoms. The molecule has 0 unspecified atom stereocenters. The van der Waals surface area contributed by atoms with Gasteiger partial charge < -0.3 is 14.6 Å². The zero-order chi connectivity index (χ0) is 16.2. The Labute approximate surface area is 132 Å². The first-order valence-corrected chi connectivity index (χ1v) is 7.48. The third-order valence-corrected chi connectivity index (χ3v) is 3.74. The van der Waals surface area contributed by atoms with Crippen molar-refractivity contribution in [1.29, 1.82) is 0 Å². The largest absolute Gasteiger partial charge is 0.460 e. The lowest BCUT2D eigenvalue weighted by Gasteiger charge is -2.28. The van der Waals surface area contributed by atoms with Crippen LogP contribution < -0.4 is 10.1 Å². The molecule has 1 aliphatic rings. The maximum atomic E-state index is 12.7. The van der Waals surface area contributed by atoms with Gasteiger partial charge in [0.2, 0.25) is 0 Å². The molecule has 1 amide bonds. The zero-order valence-electron chi connectivity index (χ0n) is 12.7. The standard InChI is InChI=1S/C15H17FN4O3/c1-9-6-13(20-23-9)14(21)19-11-2-4-12(5-3-11)22-15-17-7-10(16)8-18-15/h6-8,11-12H,2-5H2,1H3,(H,19,21). The van der Waals surface area contributed by atoms with E-state index in [0.717, 1.165) is 38.1 Å². The van der Waals surface area contributed by atoms with Crippen LogP contribution in [0.1, 0.15) is 41.9 Å². The molecular weight excluding hydrogens is 303 g/mol. The Bertz CT molecular complexity index is 666. The SMILES string of the molecule is Cc1cc(C(=O)NC2CCC(Oc3ncc(F)cn3)CC2)no1. The second-order valence-corrected chi connectivity index (χ2v) is 5.57. The van der Waals surface area contributed by atoms with E-state index in [0.29, 0.717) is 11.5 Å². The smallest absolute Gasteiger partial charge is 0.316 e. The lowest BCUT2D eigenvalue weighted by molar-refractivity contribution is 0.0876. The highest BCUT2D eigenvalue weighted by Crippen LogP contribution is 2.22. The van der Waals surface area contributed by atoms with Crippen molar-refractivity contribution in [1.82, 2.24) is 20.4 Å². The van der Waals surface area contributed by atoms with Crippen LogP contribution in [0, 0.1) is 12.7 Å². The van der Waals surface area contributed by atoms with Crippen LogP contribution in [-0.4, -0.2) is 33.2 Å². The number of hydrogen-bond acceptors (Lipinski definition) is 6. The van der Waals surface area contributed by atoms with E-state index in [2.05, 4.69) is 20.4 Å². The zero-order valence-corrected chi connectivity index (χ0v) is 12.7. The highest BCUT2D eigenvalue weighted by atomic mass is 19.1. The maximum absolute atomic E-state index is 12.7. The van der Waals surface area contributed by atoms with E-state index < -0.39 is 5.82 Å². The summed E-state index contributed by atoms with van der Waals surface area (Å²) in [6.07, 6.45) is 5.24. The monoisotopic (exact) mass is 320 g/mol. The minimum Gasteiger partial charge on any atom is -0.460 e. The number of aromatic nitrogens is 3. The van der Waals surface area contributed by atoms with Gasteiger partial charge in [-0.2, -0.15) is 0 Å². The summed E-state index contributed by atoms with van der Waals surface area (Å²) in [6, 6.07) is 1.86.